The van der Waals surface area contributed by atoms with E-state index in [1.165, 1.54) is 11.3 Å². The lowest BCUT2D eigenvalue weighted by molar-refractivity contribution is -0.139. The number of hydrogen-bond acceptors (Lipinski definition) is 5. The highest BCUT2D eigenvalue weighted by Crippen LogP contribution is 2.43. The van der Waals surface area contributed by atoms with E-state index in [-0.39, 0.29) is 5.95 Å². The molecular formula is C11H10ClN3O2S. The van der Waals surface area contributed by atoms with Crippen molar-refractivity contribution in [3.05, 3.63) is 15.6 Å². The quantitative estimate of drug-likeness (QED) is 0.785. The summed E-state index contributed by atoms with van der Waals surface area (Å²) in [7, 11) is 0. The fourth-order valence-corrected chi connectivity index (χ4v) is 4.13. The molecule has 0 spiro atoms. The number of carbonyl (C=O) groups is 1. The van der Waals surface area contributed by atoms with Gasteiger partial charge in [-0.15, -0.1) is 11.3 Å². The van der Waals surface area contributed by atoms with Crippen molar-refractivity contribution in [3.63, 3.8) is 0 Å². The number of carboxylic acids is 1. The molecule has 1 unspecified atom stereocenters. The SMILES string of the molecule is Nc1nc(Cl)c2c3c(sc2n1)C(C(=O)O)CCC3. The third-order valence-electron chi connectivity index (χ3n) is 3.19. The van der Waals surface area contributed by atoms with E-state index in [2.05, 4.69) is 9.97 Å². The summed E-state index contributed by atoms with van der Waals surface area (Å²) in [4.78, 5) is 20.9. The van der Waals surface area contributed by atoms with Gasteiger partial charge in [-0.2, -0.15) is 0 Å². The number of halogens is 1. The van der Waals surface area contributed by atoms with Crippen molar-refractivity contribution in [2.75, 3.05) is 5.73 Å². The van der Waals surface area contributed by atoms with Crippen molar-refractivity contribution < 1.29 is 9.90 Å². The number of anilines is 1. The lowest BCUT2D eigenvalue weighted by Gasteiger charge is -2.18. The predicted octanol–water partition coefficient (Wildman–Crippen LogP) is 2.43. The molecule has 0 aromatic carbocycles. The summed E-state index contributed by atoms with van der Waals surface area (Å²) < 4.78 is 0. The topological polar surface area (TPSA) is 89.1 Å². The van der Waals surface area contributed by atoms with Crippen LogP contribution < -0.4 is 5.73 Å². The maximum absolute atomic E-state index is 11.3. The summed E-state index contributed by atoms with van der Waals surface area (Å²) in [6.07, 6.45) is 2.33. The van der Waals surface area contributed by atoms with Crippen molar-refractivity contribution in [2.24, 2.45) is 0 Å². The number of nitrogens with two attached hydrogens (primary N) is 1. The van der Waals surface area contributed by atoms with Crippen LogP contribution in [-0.4, -0.2) is 21.0 Å². The van der Waals surface area contributed by atoms with Crippen LogP contribution in [0.5, 0.6) is 0 Å². The van der Waals surface area contributed by atoms with Gasteiger partial charge in [-0.3, -0.25) is 4.79 Å². The van der Waals surface area contributed by atoms with Crippen molar-refractivity contribution in [1.82, 2.24) is 9.97 Å². The minimum Gasteiger partial charge on any atom is -0.481 e. The monoisotopic (exact) mass is 283 g/mol. The number of fused-ring (bicyclic) bond motifs is 3. The number of hydrogen-bond donors (Lipinski definition) is 2. The Morgan fingerprint density at radius 3 is 3.00 bits per heavy atom. The Morgan fingerprint density at radius 1 is 1.50 bits per heavy atom. The molecule has 5 nitrogen and oxygen atoms in total. The maximum atomic E-state index is 11.3. The Balaban J connectivity index is 2.30. The van der Waals surface area contributed by atoms with Crippen molar-refractivity contribution in [2.45, 2.75) is 25.2 Å². The first-order chi connectivity index (χ1) is 8.58. The normalized spacial score (nSPS) is 18.8. The van der Waals surface area contributed by atoms with Gasteiger partial charge in [0.15, 0.2) is 0 Å². The molecule has 2 heterocycles. The number of aryl methyl sites for hydroxylation is 1. The molecule has 0 saturated carbocycles. The molecule has 0 amide bonds. The molecule has 18 heavy (non-hydrogen) atoms. The summed E-state index contributed by atoms with van der Waals surface area (Å²) >= 11 is 7.46. The third kappa shape index (κ3) is 1.64. The smallest absolute Gasteiger partial charge is 0.311 e. The molecule has 0 bridgehead atoms. The molecule has 1 aliphatic rings. The van der Waals surface area contributed by atoms with E-state index < -0.39 is 11.9 Å². The van der Waals surface area contributed by atoms with E-state index in [0.717, 1.165) is 28.7 Å². The molecule has 7 heteroatoms. The van der Waals surface area contributed by atoms with Crippen LogP contribution in [0.2, 0.25) is 5.15 Å². The highest BCUT2D eigenvalue weighted by molar-refractivity contribution is 7.19. The van der Waals surface area contributed by atoms with E-state index in [4.69, 9.17) is 17.3 Å². The third-order valence-corrected chi connectivity index (χ3v) is 4.70. The molecule has 0 radical (unpaired) electrons. The van der Waals surface area contributed by atoms with Crippen LogP contribution in [0.3, 0.4) is 0 Å². The molecule has 0 saturated heterocycles. The molecule has 3 rings (SSSR count). The molecule has 94 valence electrons. The van der Waals surface area contributed by atoms with Gasteiger partial charge in [0.25, 0.3) is 0 Å². The Bertz CT molecular complexity index is 655. The van der Waals surface area contributed by atoms with Gasteiger partial charge in [0, 0.05) is 4.88 Å². The predicted molar refractivity (Wildman–Crippen MR) is 70.2 cm³/mol. The van der Waals surface area contributed by atoms with Crippen molar-refractivity contribution in [3.8, 4) is 0 Å². The summed E-state index contributed by atoms with van der Waals surface area (Å²) in [5, 5.41) is 10.3. The number of aromatic nitrogens is 2. The second kappa shape index (κ2) is 4.07. The average Bonchev–Trinajstić information content (AvgIpc) is 2.65. The van der Waals surface area contributed by atoms with Gasteiger partial charge in [0.05, 0.1) is 11.3 Å². The first kappa shape index (κ1) is 11.7. The van der Waals surface area contributed by atoms with E-state index in [9.17, 15) is 9.90 Å². The van der Waals surface area contributed by atoms with Gasteiger partial charge < -0.3 is 10.8 Å². The van der Waals surface area contributed by atoms with Crippen molar-refractivity contribution >= 4 is 45.1 Å². The molecule has 2 aromatic heterocycles. The molecular weight excluding hydrogens is 274 g/mol. The van der Waals surface area contributed by atoms with Crippen LogP contribution in [0.4, 0.5) is 5.95 Å². The zero-order valence-corrected chi connectivity index (χ0v) is 10.9. The highest BCUT2D eigenvalue weighted by Gasteiger charge is 2.31. The van der Waals surface area contributed by atoms with Crippen LogP contribution in [0, 0.1) is 0 Å². The molecule has 0 fully saturated rings. The average molecular weight is 284 g/mol. The highest BCUT2D eigenvalue weighted by atomic mass is 35.5. The number of thiophene rings is 1. The standard InChI is InChI=1S/C11H10ClN3O2S/c12-8-6-4-2-1-3-5(10(16)17)7(4)18-9(6)15-11(13)14-8/h5H,1-3H2,(H,16,17)(H2,13,14,15). The van der Waals surface area contributed by atoms with E-state index in [1.807, 2.05) is 0 Å². The number of aliphatic carboxylic acids is 1. The van der Waals surface area contributed by atoms with Gasteiger partial charge in [0.2, 0.25) is 5.95 Å². The lowest BCUT2D eigenvalue weighted by atomic mass is 9.88. The minimum absolute atomic E-state index is 0.123. The van der Waals surface area contributed by atoms with Gasteiger partial charge >= 0.3 is 5.97 Å². The summed E-state index contributed by atoms with van der Waals surface area (Å²) in [5.74, 6) is -1.12. The summed E-state index contributed by atoms with van der Waals surface area (Å²) in [5.41, 5.74) is 6.55. The Hall–Kier alpha value is -1.40. The van der Waals surface area contributed by atoms with Gasteiger partial charge in [-0.05, 0) is 24.8 Å². The van der Waals surface area contributed by atoms with E-state index >= 15 is 0 Å². The first-order valence-corrected chi connectivity index (χ1v) is 6.74. The van der Waals surface area contributed by atoms with E-state index in [0.29, 0.717) is 16.4 Å². The zero-order valence-electron chi connectivity index (χ0n) is 9.31. The Kier molecular flexibility index (Phi) is 2.64. The van der Waals surface area contributed by atoms with Crippen LogP contribution in [0.1, 0.15) is 29.2 Å². The fraction of sp³-hybridized carbons (Fsp3) is 0.364. The molecule has 2 aromatic rings. The molecule has 0 aliphatic heterocycles. The number of nitrogens with zero attached hydrogens (tertiary/aromatic N) is 2. The number of nitrogen functional groups attached to an aromatic ring is 1. The lowest BCUT2D eigenvalue weighted by Crippen LogP contribution is -2.15. The van der Waals surface area contributed by atoms with Crippen LogP contribution in [-0.2, 0) is 11.2 Å². The maximum Gasteiger partial charge on any atom is 0.311 e. The number of carboxylic acid groups (broad SMARTS) is 1. The summed E-state index contributed by atoms with van der Waals surface area (Å²) in [6.45, 7) is 0. The second-order valence-corrected chi connectivity index (χ2v) is 5.67. The first-order valence-electron chi connectivity index (χ1n) is 5.55. The van der Waals surface area contributed by atoms with Crippen LogP contribution in [0.15, 0.2) is 0 Å². The summed E-state index contributed by atoms with van der Waals surface area (Å²) in [6, 6.07) is 0. The van der Waals surface area contributed by atoms with Gasteiger partial charge in [0.1, 0.15) is 9.98 Å². The minimum atomic E-state index is -0.792. The van der Waals surface area contributed by atoms with Gasteiger partial charge in [-0.1, -0.05) is 11.6 Å². The molecule has 1 atom stereocenters. The van der Waals surface area contributed by atoms with Crippen LogP contribution >= 0.6 is 22.9 Å². The molecule has 1 aliphatic carbocycles. The van der Waals surface area contributed by atoms with Gasteiger partial charge in [-0.25, -0.2) is 9.97 Å². The number of rotatable bonds is 1. The second-order valence-electron chi connectivity index (χ2n) is 4.28. The largest absolute Gasteiger partial charge is 0.481 e. The molecule has 3 N–H and O–H groups in total. The van der Waals surface area contributed by atoms with Crippen LogP contribution in [0.25, 0.3) is 10.2 Å². The zero-order chi connectivity index (χ0) is 12.9. The van der Waals surface area contributed by atoms with E-state index in [1.54, 1.807) is 0 Å². The fourth-order valence-electron chi connectivity index (χ4n) is 2.43. The Labute approximate surface area is 112 Å². The Morgan fingerprint density at radius 2 is 2.28 bits per heavy atom. The van der Waals surface area contributed by atoms with Crippen molar-refractivity contribution in [1.29, 1.82) is 0 Å².